The Kier molecular flexibility index (Phi) is 5.91. The highest BCUT2D eigenvalue weighted by molar-refractivity contribution is 5.94. The SMILES string of the molecule is COc1ccccc1N1CCN([C@@H](C)C(=O)Nc2ccc(F)cc2F)CC1. The fraction of sp³-hybridized carbons (Fsp3) is 0.350. The molecular weight excluding hydrogens is 352 g/mol. The van der Waals surface area contributed by atoms with Crippen LogP contribution in [0.4, 0.5) is 20.2 Å². The van der Waals surface area contributed by atoms with Gasteiger partial charge in [-0.15, -0.1) is 0 Å². The maximum atomic E-state index is 13.7. The van der Waals surface area contributed by atoms with Crippen LogP contribution >= 0.6 is 0 Å². The van der Waals surface area contributed by atoms with E-state index in [1.165, 1.54) is 6.07 Å². The molecule has 2 aromatic carbocycles. The third-order valence-corrected chi connectivity index (χ3v) is 4.86. The average molecular weight is 375 g/mol. The largest absolute Gasteiger partial charge is 0.495 e. The van der Waals surface area contributed by atoms with Crippen molar-refractivity contribution in [3.8, 4) is 5.75 Å². The van der Waals surface area contributed by atoms with Gasteiger partial charge in [-0.05, 0) is 31.2 Å². The summed E-state index contributed by atoms with van der Waals surface area (Å²) in [7, 11) is 1.65. The second kappa shape index (κ2) is 8.35. The maximum absolute atomic E-state index is 13.7. The van der Waals surface area contributed by atoms with Gasteiger partial charge in [-0.1, -0.05) is 12.1 Å². The molecule has 2 aromatic rings. The lowest BCUT2D eigenvalue weighted by molar-refractivity contribution is -0.120. The molecule has 144 valence electrons. The van der Waals surface area contributed by atoms with E-state index in [1.807, 2.05) is 29.2 Å². The van der Waals surface area contributed by atoms with Crippen LogP contribution in [-0.2, 0) is 4.79 Å². The van der Waals surface area contributed by atoms with Gasteiger partial charge < -0.3 is 15.0 Å². The van der Waals surface area contributed by atoms with E-state index >= 15 is 0 Å². The molecule has 0 saturated carbocycles. The fourth-order valence-electron chi connectivity index (χ4n) is 3.23. The molecule has 1 heterocycles. The van der Waals surface area contributed by atoms with Gasteiger partial charge >= 0.3 is 0 Å². The fourth-order valence-corrected chi connectivity index (χ4v) is 3.23. The van der Waals surface area contributed by atoms with E-state index in [1.54, 1.807) is 14.0 Å². The summed E-state index contributed by atoms with van der Waals surface area (Å²) in [6, 6.07) is 10.5. The van der Waals surface area contributed by atoms with E-state index in [9.17, 15) is 13.6 Å². The van der Waals surface area contributed by atoms with Gasteiger partial charge in [0.25, 0.3) is 0 Å². The molecule has 0 bridgehead atoms. The van der Waals surface area contributed by atoms with Crippen LogP contribution < -0.4 is 15.0 Å². The van der Waals surface area contributed by atoms with Crippen molar-refractivity contribution in [1.82, 2.24) is 4.90 Å². The standard InChI is InChI=1S/C20H23F2N3O2/c1-14(20(26)23-17-8-7-15(21)13-16(17)22)24-9-11-25(12-10-24)18-5-3-4-6-19(18)27-2/h3-8,13-14H,9-12H2,1-2H3,(H,23,26)/t14-/m0/s1. The van der Waals surface area contributed by atoms with Gasteiger partial charge in [0.2, 0.25) is 5.91 Å². The number of para-hydroxylation sites is 2. The minimum absolute atomic E-state index is 0.0130. The summed E-state index contributed by atoms with van der Waals surface area (Å²) >= 11 is 0. The Bertz CT molecular complexity index is 808. The highest BCUT2D eigenvalue weighted by Gasteiger charge is 2.27. The van der Waals surface area contributed by atoms with Crippen LogP contribution in [-0.4, -0.2) is 50.1 Å². The van der Waals surface area contributed by atoms with Crippen molar-refractivity contribution in [3.63, 3.8) is 0 Å². The van der Waals surface area contributed by atoms with Crippen LogP contribution in [0.25, 0.3) is 0 Å². The molecule has 5 nitrogen and oxygen atoms in total. The summed E-state index contributed by atoms with van der Waals surface area (Å²) in [6.45, 7) is 4.68. The lowest BCUT2D eigenvalue weighted by atomic mass is 10.2. The molecular formula is C20H23F2N3O2. The molecule has 27 heavy (non-hydrogen) atoms. The zero-order valence-electron chi connectivity index (χ0n) is 15.4. The van der Waals surface area contributed by atoms with Gasteiger partial charge in [0.05, 0.1) is 24.5 Å². The smallest absolute Gasteiger partial charge is 0.241 e. The second-order valence-electron chi connectivity index (χ2n) is 6.48. The molecule has 0 spiro atoms. The molecule has 1 saturated heterocycles. The summed E-state index contributed by atoms with van der Waals surface area (Å²) in [5.74, 6) is -0.947. The first-order chi connectivity index (χ1) is 13.0. The van der Waals surface area contributed by atoms with E-state index in [-0.39, 0.29) is 11.6 Å². The number of piperazine rings is 1. The van der Waals surface area contributed by atoms with Gasteiger partial charge in [0, 0.05) is 32.2 Å². The molecule has 0 aromatic heterocycles. The predicted molar refractivity (Wildman–Crippen MR) is 101 cm³/mol. The minimum atomic E-state index is -0.781. The minimum Gasteiger partial charge on any atom is -0.495 e. The van der Waals surface area contributed by atoms with Crippen molar-refractivity contribution in [3.05, 3.63) is 54.1 Å². The topological polar surface area (TPSA) is 44.8 Å². The van der Waals surface area contributed by atoms with E-state index in [0.717, 1.165) is 36.7 Å². The zero-order valence-corrected chi connectivity index (χ0v) is 15.4. The number of benzene rings is 2. The van der Waals surface area contributed by atoms with Gasteiger partial charge in [-0.2, -0.15) is 0 Å². The Labute approximate surface area is 157 Å². The van der Waals surface area contributed by atoms with Crippen LogP contribution in [0.5, 0.6) is 5.75 Å². The van der Waals surface area contributed by atoms with E-state index in [0.29, 0.717) is 13.1 Å². The normalized spacial score (nSPS) is 16.1. The molecule has 3 rings (SSSR count). The third-order valence-electron chi connectivity index (χ3n) is 4.86. The number of rotatable bonds is 5. The number of nitrogens with zero attached hydrogens (tertiary/aromatic N) is 2. The van der Waals surface area contributed by atoms with E-state index in [4.69, 9.17) is 4.74 Å². The monoisotopic (exact) mass is 375 g/mol. The Morgan fingerprint density at radius 3 is 2.48 bits per heavy atom. The molecule has 1 amide bonds. The molecule has 1 atom stereocenters. The highest BCUT2D eigenvalue weighted by atomic mass is 19.1. The number of nitrogens with one attached hydrogen (secondary N) is 1. The summed E-state index contributed by atoms with van der Waals surface area (Å²) in [4.78, 5) is 16.7. The van der Waals surface area contributed by atoms with Crippen LogP contribution in [0.1, 0.15) is 6.92 Å². The van der Waals surface area contributed by atoms with E-state index < -0.39 is 17.7 Å². The lowest BCUT2D eigenvalue weighted by Crippen LogP contribution is -2.53. The Balaban J connectivity index is 1.59. The first-order valence-electron chi connectivity index (χ1n) is 8.87. The number of carbonyl (C=O) groups is 1. The number of amides is 1. The number of methoxy groups -OCH3 is 1. The molecule has 1 N–H and O–H groups in total. The van der Waals surface area contributed by atoms with Crippen molar-refractivity contribution in [1.29, 1.82) is 0 Å². The molecule has 0 aliphatic carbocycles. The molecule has 7 heteroatoms. The van der Waals surface area contributed by atoms with Gasteiger partial charge in [0.1, 0.15) is 17.4 Å². The molecule has 1 aliphatic heterocycles. The number of hydrogen-bond donors (Lipinski definition) is 1. The predicted octanol–water partition coefficient (Wildman–Crippen LogP) is 3.12. The van der Waals surface area contributed by atoms with Crippen LogP contribution in [0, 0.1) is 11.6 Å². The Morgan fingerprint density at radius 1 is 1.11 bits per heavy atom. The van der Waals surface area contributed by atoms with Crippen molar-refractivity contribution >= 4 is 17.3 Å². The van der Waals surface area contributed by atoms with E-state index in [2.05, 4.69) is 10.2 Å². The summed E-state index contributed by atoms with van der Waals surface area (Å²) in [5.41, 5.74) is 1.02. The number of ether oxygens (including phenoxy) is 1. The van der Waals surface area contributed by atoms with Gasteiger partial charge in [-0.25, -0.2) is 8.78 Å². The average Bonchev–Trinajstić information content (AvgIpc) is 2.69. The van der Waals surface area contributed by atoms with Crippen molar-refractivity contribution in [2.45, 2.75) is 13.0 Å². The summed E-state index contributed by atoms with van der Waals surface area (Å²) in [6.07, 6.45) is 0. The molecule has 1 fully saturated rings. The summed E-state index contributed by atoms with van der Waals surface area (Å²) < 4.78 is 32.1. The number of hydrogen-bond acceptors (Lipinski definition) is 4. The first kappa shape index (κ1) is 19.1. The molecule has 0 radical (unpaired) electrons. The Morgan fingerprint density at radius 2 is 1.81 bits per heavy atom. The van der Waals surface area contributed by atoms with Crippen LogP contribution in [0.3, 0.4) is 0 Å². The quantitative estimate of drug-likeness (QED) is 0.872. The lowest BCUT2D eigenvalue weighted by Gasteiger charge is -2.38. The van der Waals surface area contributed by atoms with Gasteiger partial charge in [-0.3, -0.25) is 9.69 Å². The number of halogens is 2. The second-order valence-corrected chi connectivity index (χ2v) is 6.48. The Hall–Kier alpha value is -2.67. The third kappa shape index (κ3) is 4.36. The zero-order chi connectivity index (χ0) is 19.4. The van der Waals surface area contributed by atoms with Crippen molar-refractivity contribution in [2.24, 2.45) is 0 Å². The van der Waals surface area contributed by atoms with Crippen LogP contribution in [0.2, 0.25) is 0 Å². The van der Waals surface area contributed by atoms with Gasteiger partial charge in [0.15, 0.2) is 0 Å². The number of carbonyl (C=O) groups excluding carboxylic acids is 1. The first-order valence-corrected chi connectivity index (χ1v) is 8.87. The van der Waals surface area contributed by atoms with Crippen molar-refractivity contribution in [2.75, 3.05) is 43.5 Å². The van der Waals surface area contributed by atoms with Crippen molar-refractivity contribution < 1.29 is 18.3 Å². The maximum Gasteiger partial charge on any atom is 0.241 e. The summed E-state index contributed by atoms with van der Waals surface area (Å²) in [5, 5.41) is 2.54. The highest BCUT2D eigenvalue weighted by Crippen LogP contribution is 2.28. The number of anilines is 2. The molecule has 0 unspecified atom stereocenters. The van der Waals surface area contributed by atoms with Crippen LogP contribution in [0.15, 0.2) is 42.5 Å². The molecule has 1 aliphatic rings.